The minimum absolute atomic E-state index is 0. The molecule has 218 valence electrons. The van der Waals surface area contributed by atoms with Gasteiger partial charge in [0.1, 0.15) is 6.54 Å². The van der Waals surface area contributed by atoms with E-state index >= 15 is 0 Å². The molecular formula is C39H45IN2. The summed E-state index contributed by atoms with van der Waals surface area (Å²) in [4.78, 5) is 2.59. The third-order valence-electron chi connectivity index (χ3n) is 9.49. The van der Waals surface area contributed by atoms with Crippen molar-refractivity contribution in [2.75, 3.05) is 18.0 Å². The minimum atomic E-state index is -0.0782. The largest absolute Gasteiger partial charge is 1.00 e. The van der Waals surface area contributed by atoms with Crippen molar-refractivity contribution in [3.63, 3.8) is 0 Å². The van der Waals surface area contributed by atoms with Crippen LogP contribution in [0.3, 0.4) is 0 Å². The maximum Gasteiger partial charge on any atom is 0.210 e. The Balaban J connectivity index is 0.00000353. The Morgan fingerprint density at radius 2 is 1.33 bits per heavy atom. The maximum atomic E-state index is 2.59. The van der Waals surface area contributed by atoms with Crippen LogP contribution in [0, 0.1) is 0 Å². The molecule has 0 atom stereocenters. The van der Waals surface area contributed by atoms with E-state index in [1.165, 1.54) is 81.1 Å². The van der Waals surface area contributed by atoms with E-state index in [1.54, 1.807) is 0 Å². The van der Waals surface area contributed by atoms with Crippen molar-refractivity contribution in [3.8, 4) is 0 Å². The monoisotopic (exact) mass is 668 g/mol. The number of unbranched alkanes of at least 4 members (excludes halogenated alkanes) is 2. The molecule has 0 fully saturated rings. The molecule has 42 heavy (non-hydrogen) atoms. The molecule has 2 aliphatic rings. The summed E-state index contributed by atoms with van der Waals surface area (Å²) in [6, 6.07) is 27.1. The van der Waals surface area contributed by atoms with E-state index in [0.29, 0.717) is 0 Å². The Morgan fingerprint density at radius 1 is 0.714 bits per heavy atom. The standard InChI is InChI=1S/C39H45N2.HI/c1-7-9-26-40-32-24-22-28-16-11-13-18-30(28)36(32)38(3,4)34(40)20-15-21-35-39(5,6)37-31-19-14-12-17-29(31)23-25-33(37)41(35)27-10-8-2;/h11-25H,7-10,26-27H2,1-6H3;1H/q+1;/p-1. The van der Waals surface area contributed by atoms with Crippen molar-refractivity contribution in [1.82, 2.24) is 0 Å². The average molecular weight is 669 g/mol. The quantitative estimate of drug-likeness (QED) is 0.142. The van der Waals surface area contributed by atoms with Crippen LogP contribution >= 0.6 is 0 Å². The normalized spacial score (nSPS) is 17.9. The van der Waals surface area contributed by atoms with Gasteiger partial charge in [0.25, 0.3) is 0 Å². The highest BCUT2D eigenvalue weighted by molar-refractivity contribution is 6.07. The third-order valence-corrected chi connectivity index (χ3v) is 9.49. The molecule has 0 spiro atoms. The molecule has 0 aromatic heterocycles. The summed E-state index contributed by atoms with van der Waals surface area (Å²) in [5.74, 6) is 0. The van der Waals surface area contributed by atoms with E-state index < -0.39 is 0 Å². The summed E-state index contributed by atoms with van der Waals surface area (Å²) in [5, 5.41) is 5.41. The summed E-state index contributed by atoms with van der Waals surface area (Å²) in [5.41, 5.74) is 8.31. The van der Waals surface area contributed by atoms with Gasteiger partial charge in [-0.05, 0) is 65.6 Å². The fourth-order valence-corrected chi connectivity index (χ4v) is 7.42. The van der Waals surface area contributed by atoms with Gasteiger partial charge in [-0.15, -0.1) is 0 Å². The molecule has 0 N–H and O–H groups in total. The van der Waals surface area contributed by atoms with Crippen molar-refractivity contribution in [3.05, 3.63) is 108 Å². The van der Waals surface area contributed by atoms with Gasteiger partial charge in [0.2, 0.25) is 5.69 Å². The van der Waals surface area contributed by atoms with Crippen molar-refractivity contribution in [2.24, 2.45) is 0 Å². The zero-order chi connectivity index (χ0) is 28.8. The Hall–Kier alpha value is -2.92. The molecule has 2 heterocycles. The van der Waals surface area contributed by atoms with Crippen LogP contribution in [0.15, 0.2) is 96.7 Å². The summed E-state index contributed by atoms with van der Waals surface area (Å²) in [6.07, 6.45) is 11.9. The number of fused-ring (bicyclic) bond motifs is 6. The summed E-state index contributed by atoms with van der Waals surface area (Å²) in [7, 11) is 0. The van der Waals surface area contributed by atoms with E-state index in [9.17, 15) is 0 Å². The third kappa shape index (κ3) is 4.92. The van der Waals surface area contributed by atoms with Gasteiger partial charge in [-0.1, -0.05) is 101 Å². The van der Waals surface area contributed by atoms with Crippen LogP contribution in [-0.4, -0.2) is 23.4 Å². The summed E-state index contributed by atoms with van der Waals surface area (Å²) < 4.78 is 2.59. The smallest absolute Gasteiger partial charge is 0.210 e. The lowest BCUT2D eigenvalue weighted by molar-refractivity contribution is -0.438. The van der Waals surface area contributed by atoms with Gasteiger partial charge in [0, 0.05) is 47.5 Å². The van der Waals surface area contributed by atoms with Gasteiger partial charge in [-0.2, -0.15) is 4.58 Å². The molecule has 0 amide bonds. The number of nitrogens with zero attached hydrogens (tertiary/aromatic N) is 2. The zero-order valence-corrected chi connectivity index (χ0v) is 28.3. The first-order chi connectivity index (χ1) is 19.8. The van der Waals surface area contributed by atoms with Gasteiger partial charge in [0.15, 0.2) is 5.71 Å². The van der Waals surface area contributed by atoms with Crippen LogP contribution in [0.4, 0.5) is 11.4 Å². The highest BCUT2D eigenvalue weighted by Gasteiger charge is 2.45. The van der Waals surface area contributed by atoms with Gasteiger partial charge < -0.3 is 28.9 Å². The molecule has 0 saturated heterocycles. The molecule has 4 aromatic carbocycles. The van der Waals surface area contributed by atoms with E-state index in [2.05, 4.69) is 142 Å². The topological polar surface area (TPSA) is 6.25 Å². The van der Waals surface area contributed by atoms with Gasteiger partial charge >= 0.3 is 0 Å². The highest BCUT2D eigenvalue weighted by atomic mass is 127. The van der Waals surface area contributed by atoms with Crippen LogP contribution in [-0.2, 0) is 10.8 Å². The lowest BCUT2D eigenvalue weighted by Crippen LogP contribution is -3.00. The first-order valence-electron chi connectivity index (χ1n) is 15.7. The number of hydrogen-bond donors (Lipinski definition) is 0. The number of allylic oxidation sites excluding steroid dienone is 4. The fraction of sp³-hybridized carbons (Fsp3) is 0.359. The van der Waals surface area contributed by atoms with E-state index in [1.807, 2.05) is 0 Å². The number of halogens is 1. The molecule has 2 nitrogen and oxygen atoms in total. The molecule has 0 saturated carbocycles. The maximum absolute atomic E-state index is 2.59. The van der Waals surface area contributed by atoms with Crippen molar-refractivity contribution < 1.29 is 28.6 Å². The van der Waals surface area contributed by atoms with Gasteiger partial charge in [0.05, 0.1) is 5.41 Å². The molecule has 6 rings (SSSR count). The second-order valence-electron chi connectivity index (χ2n) is 12.9. The van der Waals surface area contributed by atoms with E-state index in [0.717, 1.165) is 13.1 Å². The van der Waals surface area contributed by atoms with Crippen molar-refractivity contribution in [2.45, 2.75) is 78.1 Å². The Labute approximate surface area is 269 Å². The first kappa shape index (κ1) is 30.5. The number of anilines is 1. The van der Waals surface area contributed by atoms with Gasteiger partial charge in [-0.25, -0.2) is 0 Å². The molecule has 3 heteroatoms. The van der Waals surface area contributed by atoms with Crippen molar-refractivity contribution >= 4 is 38.6 Å². The molecule has 0 aliphatic carbocycles. The van der Waals surface area contributed by atoms with Crippen LogP contribution in [0.1, 0.15) is 78.4 Å². The number of rotatable bonds is 8. The minimum Gasteiger partial charge on any atom is -1.00 e. The van der Waals surface area contributed by atoms with Gasteiger partial charge in [-0.3, -0.25) is 0 Å². The van der Waals surface area contributed by atoms with E-state index in [4.69, 9.17) is 0 Å². The van der Waals surface area contributed by atoms with Crippen LogP contribution < -0.4 is 28.9 Å². The number of benzene rings is 4. The molecular weight excluding hydrogens is 623 g/mol. The zero-order valence-electron chi connectivity index (χ0n) is 26.2. The van der Waals surface area contributed by atoms with Crippen LogP contribution in [0.2, 0.25) is 0 Å². The Kier molecular flexibility index (Phi) is 8.72. The Bertz CT molecular complexity index is 1720. The van der Waals surface area contributed by atoms with Crippen LogP contribution in [0.25, 0.3) is 21.5 Å². The van der Waals surface area contributed by atoms with Crippen molar-refractivity contribution in [1.29, 1.82) is 0 Å². The summed E-state index contributed by atoms with van der Waals surface area (Å²) >= 11 is 0. The van der Waals surface area contributed by atoms with E-state index in [-0.39, 0.29) is 34.8 Å². The molecule has 4 aromatic rings. The predicted octanol–water partition coefficient (Wildman–Crippen LogP) is 7.21. The SMILES string of the molecule is CCCCN1/C(=C/C=C/C2=[N+](CCCC)c3ccc4ccccc4c3C2(C)C)C(C)(C)c2c1ccc1ccccc21.[I-]. The molecule has 0 bridgehead atoms. The average Bonchev–Trinajstić information content (AvgIpc) is 3.33. The fourth-order valence-electron chi connectivity index (χ4n) is 7.42. The highest BCUT2D eigenvalue weighted by Crippen LogP contribution is 2.51. The lowest BCUT2D eigenvalue weighted by atomic mass is 9.79. The van der Waals surface area contributed by atoms with Crippen LogP contribution in [0.5, 0.6) is 0 Å². The molecule has 0 radical (unpaired) electrons. The Morgan fingerprint density at radius 3 is 2.00 bits per heavy atom. The summed E-state index contributed by atoms with van der Waals surface area (Å²) in [6.45, 7) is 16.3. The molecule has 2 aliphatic heterocycles. The number of hydrogen-bond acceptors (Lipinski definition) is 1. The second-order valence-corrected chi connectivity index (χ2v) is 12.9. The first-order valence-corrected chi connectivity index (χ1v) is 15.7. The molecule has 0 unspecified atom stereocenters. The second kappa shape index (κ2) is 12.0. The predicted molar refractivity (Wildman–Crippen MR) is 178 cm³/mol. The lowest BCUT2D eigenvalue weighted by Gasteiger charge is -2.27.